The fraction of sp³-hybridized carbons (Fsp3) is 0.400. The molecule has 6 rings (SSSR count). The summed E-state index contributed by atoms with van der Waals surface area (Å²) in [5.41, 5.74) is 3.79. The van der Waals surface area contributed by atoms with Crippen LogP contribution in [0.15, 0.2) is 48.7 Å². The Balaban J connectivity index is 1.28. The Bertz CT molecular complexity index is 1500. The third-order valence-corrected chi connectivity index (χ3v) is 8.46. The van der Waals surface area contributed by atoms with Gasteiger partial charge in [0.1, 0.15) is 5.52 Å². The summed E-state index contributed by atoms with van der Waals surface area (Å²) in [4.78, 5) is 17.0. The maximum atomic E-state index is 9.27. The number of aromatic nitrogens is 4. The molecule has 0 spiro atoms. The summed E-state index contributed by atoms with van der Waals surface area (Å²) in [7, 11) is 0. The van der Waals surface area contributed by atoms with Crippen LogP contribution in [0.4, 0.5) is 17.6 Å². The van der Waals surface area contributed by atoms with Gasteiger partial charge >= 0.3 is 0 Å². The van der Waals surface area contributed by atoms with Crippen LogP contribution < -0.4 is 10.6 Å². The number of nitriles is 1. The molecule has 2 N–H and O–H groups in total. The molecule has 1 aliphatic heterocycles. The highest BCUT2D eigenvalue weighted by Gasteiger charge is 2.25. The van der Waals surface area contributed by atoms with E-state index in [0.29, 0.717) is 38.7 Å². The molecule has 0 bridgehead atoms. The number of anilines is 3. The highest BCUT2D eigenvalue weighted by atomic mass is 35.5. The number of nitrogens with zero attached hydrogens (tertiary/aromatic N) is 6. The van der Waals surface area contributed by atoms with Gasteiger partial charge in [0.15, 0.2) is 5.65 Å². The van der Waals surface area contributed by atoms with Gasteiger partial charge in [-0.05, 0) is 49.9 Å². The van der Waals surface area contributed by atoms with Gasteiger partial charge in [0.05, 0.1) is 33.6 Å². The number of hydrogen-bond donors (Lipinski definition) is 2. The topological polar surface area (TPSA) is 94.7 Å². The second-order valence-electron chi connectivity index (χ2n) is 10.8. The Hall–Kier alpha value is -3.38. The van der Waals surface area contributed by atoms with Crippen molar-refractivity contribution in [1.82, 2.24) is 24.4 Å². The van der Waals surface area contributed by atoms with E-state index < -0.39 is 0 Å². The van der Waals surface area contributed by atoms with Crippen molar-refractivity contribution in [2.24, 2.45) is 0 Å². The van der Waals surface area contributed by atoms with Crippen LogP contribution in [0.1, 0.15) is 62.1 Å². The minimum atomic E-state index is 0.260. The Morgan fingerprint density at radius 1 is 0.975 bits per heavy atom. The van der Waals surface area contributed by atoms with E-state index in [1.54, 1.807) is 18.3 Å². The number of nitrogens with one attached hydrogen (secondary N) is 2. The zero-order chi connectivity index (χ0) is 27.5. The molecule has 8 nitrogen and oxygen atoms in total. The van der Waals surface area contributed by atoms with Gasteiger partial charge < -0.3 is 10.6 Å². The molecule has 0 unspecified atom stereocenters. The summed E-state index contributed by atoms with van der Waals surface area (Å²) >= 11 is 13.0. The first-order valence-corrected chi connectivity index (χ1v) is 14.8. The molecule has 0 radical (unpaired) electrons. The van der Waals surface area contributed by atoms with Gasteiger partial charge in [0, 0.05) is 25.2 Å². The summed E-state index contributed by atoms with van der Waals surface area (Å²) < 4.78 is 2.19. The number of likely N-dealkylation sites (tertiary alicyclic amines) is 1. The quantitative estimate of drug-likeness (QED) is 0.238. The normalized spacial score (nSPS) is 18.5. The fourth-order valence-corrected chi connectivity index (χ4v) is 6.53. The molecule has 1 atom stereocenters. The number of halogens is 2. The van der Waals surface area contributed by atoms with Crippen molar-refractivity contribution in [1.29, 1.82) is 5.26 Å². The first-order valence-electron chi connectivity index (χ1n) is 14.0. The third kappa shape index (κ3) is 5.87. The molecule has 4 aromatic rings. The van der Waals surface area contributed by atoms with Crippen LogP contribution in [0, 0.1) is 11.3 Å². The maximum Gasteiger partial charge on any atom is 0.225 e. The minimum absolute atomic E-state index is 0.260. The molecular formula is C30H32Cl2N8. The smallest absolute Gasteiger partial charge is 0.225 e. The molecule has 2 aliphatic rings. The SMILES string of the molecule is N#Cc1cc(Cl)c(Nc2nc3cnc(N[C@@H]4CCCN(Cc5ccccc5)C4)nc3n2C2CCCCC2)c(Cl)c1. The first kappa shape index (κ1) is 26.8. The van der Waals surface area contributed by atoms with Gasteiger partial charge in [-0.2, -0.15) is 10.2 Å². The van der Waals surface area contributed by atoms with E-state index in [2.05, 4.69) is 61.5 Å². The molecule has 1 saturated carbocycles. The van der Waals surface area contributed by atoms with Crippen molar-refractivity contribution in [3.8, 4) is 6.07 Å². The van der Waals surface area contributed by atoms with E-state index in [9.17, 15) is 5.26 Å². The summed E-state index contributed by atoms with van der Waals surface area (Å²) in [6.07, 6.45) is 9.68. The van der Waals surface area contributed by atoms with Crippen LogP contribution in [0.2, 0.25) is 10.0 Å². The Morgan fingerprint density at radius 2 is 1.75 bits per heavy atom. The van der Waals surface area contributed by atoms with E-state index in [-0.39, 0.29) is 12.1 Å². The Labute approximate surface area is 244 Å². The molecule has 206 valence electrons. The van der Waals surface area contributed by atoms with Crippen molar-refractivity contribution in [3.05, 3.63) is 69.8 Å². The molecule has 2 fully saturated rings. The van der Waals surface area contributed by atoms with Crippen LogP contribution in [0.25, 0.3) is 11.2 Å². The van der Waals surface area contributed by atoms with Crippen LogP contribution in [0.5, 0.6) is 0 Å². The van der Waals surface area contributed by atoms with Gasteiger partial charge in [-0.15, -0.1) is 0 Å². The minimum Gasteiger partial charge on any atom is -0.350 e. The van der Waals surface area contributed by atoms with Crippen LogP contribution in [-0.2, 0) is 6.54 Å². The predicted molar refractivity (Wildman–Crippen MR) is 160 cm³/mol. The van der Waals surface area contributed by atoms with Crippen molar-refractivity contribution < 1.29 is 0 Å². The van der Waals surface area contributed by atoms with Crippen LogP contribution >= 0.6 is 23.2 Å². The number of imidazole rings is 1. The molecule has 40 heavy (non-hydrogen) atoms. The van der Waals surface area contributed by atoms with Crippen LogP contribution in [0.3, 0.4) is 0 Å². The van der Waals surface area contributed by atoms with Crippen molar-refractivity contribution in [3.63, 3.8) is 0 Å². The Morgan fingerprint density at radius 3 is 2.50 bits per heavy atom. The average molecular weight is 576 g/mol. The zero-order valence-corrected chi connectivity index (χ0v) is 23.8. The summed E-state index contributed by atoms with van der Waals surface area (Å²) in [6, 6.07) is 16.5. The molecular weight excluding hydrogens is 543 g/mol. The summed E-state index contributed by atoms with van der Waals surface area (Å²) in [5.74, 6) is 1.26. The number of rotatable bonds is 7. The average Bonchev–Trinajstić information content (AvgIpc) is 3.33. The number of benzene rings is 2. The lowest BCUT2D eigenvalue weighted by Gasteiger charge is -2.33. The predicted octanol–water partition coefficient (Wildman–Crippen LogP) is 7.33. The van der Waals surface area contributed by atoms with E-state index in [1.165, 1.54) is 12.0 Å². The second-order valence-corrected chi connectivity index (χ2v) is 11.6. The monoisotopic (exact) mass is 574 g/mol. The number of fused-ring (bicyclic) bond motifs is 1. The summed E-state index contributed by atoms with van der Waals surface area (Å²) in [5, 5.41) is 17.0. The third-order valence-electron chi connectivity index (χ3n) is 7.87. The highest BCUT2D eigenvalue weighted by molar-refractivity contribution is 6.39. The molecule has 2 aromatic carbocycles. The standard InChI is InChI=1S/C30H32Cl2N8/c31-24-14-21(16-33)15-25(32)27(24)37-30-36-26-17-34-29(38-28(26)40(30)23-11-5-2-6-12-23)35-22-10-7-13-39(19-22)18-20-8-3-1-4-9-20/h1,3-4,8-9,14-15,17,22-23H,2,5-7,10-13,18-19H2,(H,36,37)(H,34,35,38)/t22-/m1/s1. The lowest BCUT2D eigenvalue weighted by Crippen LogP contribution is -2.41. The summed E-state index contributed by atoms with van der Waals surface area (Å²) in [6.45, 7) is 2.99. The van der Waals surface area contributed by atoms with Gasteiger partial charge in [-0.25, -0.2) is 9.97 Å². The second kappa shape index (κ2) is 12.0. The van der Waals surface area contributed by atoms with E-state index in [4.69, 9.17) is 33.2 Å². The molecule has 1 saturated heterocycles. The van der Waals surface area contributed by atoms with E-state index >= 15 is 0 Å². The Kier molecular flexibility index (Phi) is 8.05. The largest absolute Gasteiger partial charge is 0.350 e. The molecule has 0 amide bonds. The lowest BCUT2D eigenvalue weighted by molar-refractivity contribution is 0.208. The van der Waals surface area contributed by atoms with Gasteiger partial charge in [0.2, 0.25) is 11.9 Å². The molecule has 2 aromatic heterocycles. The lowest BCUT2D eigenvalue weighted by atomic mass is 9.95. The van der Waals surface area contributed by atoms with Crippen molar-refractivity contribution >= 4 is 51.9 Å². The van der Waals surface area contributed by atoms with Gasteiger partial charge in [-0.1, -0.05) is 72.8 Å². The van der Waals surface area contributed by atoms with E-state index in [1.807, 2.05) is 0 Å². The fourth-order valence-electron chi connectivity index (χ4n) is 5.94. The van der Waals surface area contributed by atoms with E-state index in [0.717, 1.165) is 63.8 Å². The highest BCUT2D eigenvalue weighted by Crippen LogP contribution is 2.38. The maximum absolute atomic E-state index is 9.27. The molecule has 1 aliphatic carbocycles. The van der Waals surface area contributed by atoms with Gasteiger partial charge in [0.25, 0.3) is 0 Å². The van der Waals surface area contributed by atoms with Crippen molar-refractivity contribution in [2.75, 3.05) is 23.7 Å². The number of hydrogen-bond acceptors (Lipinski definition) is 7. The molecule has 10 heteroatoms. The van der Waals surface area contributed by atoms with Crippen LogP contribution in [-0.4, -0.2) is 43.6 Å². The van der Waals surface area contributed by atoms with Gasteiger partial charge in [-0.3, -0.25) is 9.47 Å². The first-order chi connectivity index (χ1) is 19.6. The molecule has 3 heterocycles. The number of piperidine rings is 1. The zero-order valence-electron chi connectivity index (χ0n) is 22.3. The van der Waals surface area contributed by atoms with Crippen molar-refractivity contribution in [2.45, 2.75) is 63.6 Å².